The van der Waals surface area contributed by atoms with Crippen LogP contribution in [0.2, 0.25) is 0 Å². The standard InChI is InChI=1S/C20H32N2O4/c1-6-10-22(11-7-2)19-17(21-14(5)23)12-15(20(24)25)13-18(19)26-16(8-3)9-4/h6-7,13,16-19H,1-2,8-12H2,3-5H3,(H,21,23)(H,24,25). The third-order valence-electron chi connectivity index (χ3n) is 4.63. The Morgan fingerprint density at radius 2 is 1.92 bits per heavy atom. The van der Waals surface area contributed by atoms with Gasteiger partial charge in [0.1, 0.15) is 0 Å². The highest BCUT2D eigenvalue weighted by Gasteiger charge is 2.40. The van der Waals surface area contributed by atoms with Gasteiger partial charge in [-0.2, -0.15) is 0 Å². The van der Waals surface area contributed by atoms with Gasteiger partial charge in [0.05, 0.1) is 24.3 Å². The number of carbonyl (C=O) groups excluding carboxylic acids is 1. The highest BCUT2D eigenvalue weighted by Crippen LogP contribution is 2.28. The molecule has 2 N–H and O–H groups in total. The van der Waals surface area contributed by atoms with E-state index in [0.717, 1.165) is 12.8 Å². The Labute approximate surface area is 156 Å². The van der Waals surface area contributed by atoms with Crippen LogP contribution in [0.1, 0.15) is 40.0 Å². The van der Waals surface area contributed by atoms with E-state index in [9.17, 15) is 14.7 Å². The molecule has 3 atom stereocenters. The molecule has 0 fully saturated rings. The summed E-state index contributed by atoms with van der Waals surface area (Å²) in [6.07, 6.45) is 6.80. The molecule has 146 valence electrons. The summed E-state index contributed by atoms with van der Waals surface area (Å²) in [6, 6.07) is -0.554. The largest absolute Gasteiger partial charge is 0.478 e. The molecule has 3 unspecified atom stereocenters. The number of hydrogen-bond acceptors (Lipinski definition) is 4. The van der Waals surface area contributed by atoms with Crippen molar-refractivity contribution >= 4 is 11.9 Å². The van der Waals surface area contributed by atoms with Gasteiger partial charge in [0, 0.05) is 32.0 Å². The first kappa shape index (κ1) is 22.1. The van der Waals surface area contributed by atoms with Gasteiger partial charge < -0.3 is 15.2 Å². The van der Waals surface area contributed by atoms with Crippen LogP contribution in [0.5, 0.6) is 0 Å². The molecule has 0 heterocycles. The van der Waals surface area contributed by atoms with Gasteiger partial charge in [-0.25, -0.2) is 4.79 Å². The van der Waals surface area contributed by atoms with Crippen molar-refractivity contribution in [3.8, 4) is 0 Å². The molecule has 0 spiro atoms. The normalized spacial score (nSPS) is 22.8. The molecule has 26 heavy (non-hydrogen) atoms. The predicted octanol–water partition coefficient (Wildman–Crippen LogP) is 2.52. The van der Waals surface area contributed by atoms with Crippen molar-refractivity contribution < 1.29 is 19.4 Å². The molecule has 0 aromatic heterocycles. The van der Waals surface area contributed by atoms with Crippen LogP contribution in [0.3, 0.4) is 0 Å². The Kier molecular flexibility index (Phi) is 9.30. The molecule has 0 saturated carbocycles. The Hall–Kier alpha value is -1.92. The minimum absolute atomic E-state index is 0.0270. The summed E-state index contributed by atoms with van der Waals surface area (Å²) in [7, 11) is 0. The molecular weight excluding hydrogens is 332 g/mol. The fourth-order valence-corrected chi connectivity index (χ4v) is 3.44. The summed E-state index contributed by atoms with van der Waals surface area (Å²) >= 11 is 0. The molecule has 1 rings (SSSR count). The summed E-state index contributed by atoms with van der Waals surface area (Å²) in [5, 5.41) is 12.4. The SMILES string of the molecule is C=CCN(CC=C)C1C(NC(C)=O)CC(C(=O)O)=CC1OC(CC)CC. The van der Waals surface area contributed by atoms with E-state index in [2.05, 4.69) is 23.4 Å². The number of rotatable bonds is 11. The van der Waals surface area contributed by atoms with Gasteiger partial charge in [0.15, 0.2) is 0 Å². The average molecular weight is 364 g/mol. The second kappa shape index (κ2) is 10.9. The van der Waals surface area contributed by atoms with Crippen LogP contribution in [0.25, 0.3) is 0 Å². The quantitative estimate of drug-likeness (QED) is 0.551. The topological polar surface area (TPSA) is 78.9 Å². The van der Waals surface area contributed by atoms with Crippen molar-refractivity contribution in [2.75, 3.05) is 13.1 Å². The second-order valence-corrected chi connectivity index (χ2v) is 6.57. The molecule has 0 aliphatic heterocycles. The second-order valence-electron chi connectivity index (χ2n) is 6.57. The molecule has 0 saturated heterocycles. The lowest BCUT2D eigenvalue weighted by atomic mass is 9.86. The maximum absolute atomic E-state index is 11.7. The first-order valence-corrected chi connectivity index (χ1v) is 9.20. The van der Waals surface area contributed by atoms with Gasteiger partial charge in [-0.3, -0.25) is 9.69 Å². The lowest BCUT2D eigenvalue weighted by Crippen LogP contribution is -2.59. The highest BCUT2D eigenvalue weighted by atomic mass is 16.5. The fraction of sp³-hybridized carbons (Fsp3) is 0.600. The minimum atomic E-state index is -0.976. The number of carboxylic acid groups (broad SMARTS) is 1. The number of nitrogens with zero attached hydrogens (tertiary/aromatic N) is 1. The maximum Gasteiger partial charge on any atom is 0.331 e. The number of hydrogen-bond donors (Lipinski definition) is 2. The molecule has 1 aliphatic rings. The van der Waals surface area contributed by atoms with Crippen LogP contribution >= 0.6 is 0 Å². The smallest absolute Gasteiger partial charge is 0.331 e. The molecule has 0 radical (unpaired) electrons. The van der Waals surface area contributed by atoms with Crippen molar-refractivity contribution in [2.24, 2.45) is 0 Å². The van der Waals surface area contributed by atoms with E-state index >= 15 is 0 Å². The first-order chi connectivity index (χ1) is 12.4. The highest BCUT2D eigenvalue weighted by molar-refractivity contribution is 5.87. The summed E-state index contributed by atoms with van der Waals surface area (Å²) in [5.74, 6) is -1.17. The van der Waals surface area contributed by atoms with Crippen LogP contribution in [0.4, 0.5) is 0 Å². The molecule has 1 aliphatic carbocycles. The van der Waals surface area contributed by atoms with E-state index in [-0.39, 0.29) is 36.1 Å². The molecular formula is C20H32N2O4. The van der Waals surface area contributed by atoms with E-state index in [1.165, 1.54) is 6.92 Å². The van der Waals surface area contributed by atoms with Gasteiger partial charge in [0.25, 0.3) is 0 Å². The summed E-state index contributed by atoms with van der Waals surface area (Å²) in [5.41, 5.74) is 0.271. The number of carboxylic acids is 1. The van der Waals surface area contributed by atoms with Crippen molar-refractivity contribution in [1.29, 1.82) is 0 Å². The number of amides is 1. The Bertz CT molecular complexity index is 530. The van der Waals surface area contributed by atoms with E-state index < -0.39 is 12.1 Å². The average Bonchev–Trinajstić information content (AvgIpc) is 2.58. The van der Waals surface area contributed by atoms with Gasteiger partial charge in [0.2, 0.25) is 5.91 Å². The van der Waals surface area contributed by atoms with E-state index in [1.54, 1.807) is 18.2 Å². The molecule has 0 aromatic carbocycles. The van der Waals surface area contributed by atoms with Crippen LogP contribution in [0.15, 0.2) is 37.0 Å². The molecule has 0 aromatic rings. The number of ether oxygens (including phenoxy) is 1. The zero-order valence-corrected chi connectivity index (χ0v) is 16.1. The lowest BCUT2D eigenvalue weighted by Gasteiger charge is -2.43. The van der Waals surface area contributed by atoms with E-state index in [4.69, 9.17) is 4.74 Å². The first-order valence-electron chi connectivity index (χ1n) is 9.20. The van der Waals surface area contributed by atoms with E-state index in [0.29, 0.717) is 13.1 Å². The molecule has 6 heteroatoms. The van der Waals surface area contributed by atoms with Gasteiger partial charge in [-0.1, -0.05) is 26.0 Å². The van der Waals surface area contributed by atoms with Crippen LogP contribution < -0.4 is 5.32 Å². The summed E-state index contributed by atoms with van der Waals surface area (Å²) in [6.45, 7) is 14.3. The lowest BCUT2D eigenvalue weighted by molar-refractivity contribution is -0.134. The summed E-state index contributed by atoms with van der Waals surface area (Å²) in [4.78, 5) is 25.5. The van der Waals surface area contributed by atoms with Crippen molar-refractivity contribution in [1.82, 2.24) is 10.2 Å². The molecule has 1 amide bonds. The van der Waals surface area contributed by atoms with Gasteiger partial charge in [-0.15, -0.1) is 13.2 Å². The molecule has 6 nitrogen and oxygen atoms in total. The van der Waals surface area contributed by atoms with Gasteiger partial charge in [-0.05, 0) is 18.9 Å². The Morgan fingerprint density at radius 1 is 1.35 bits per heavy atom. The van der Waals surface area contributed by atoms with E-state index in [1.807, 2.05) is 13.8 Å². The third kappa shape index (κ3) is 6.11. The number of carbonyl (C=O) groups is 2. The molecule has 0 bridgehead atoms. The zero-order chi connectivity index (χ0) is 19.7. The third-order valence-corrected chi connectivity index (χ3v) is 4.63. The number of nitrogens with one attached hydrogen (secondary N) is 1. The van der Waals surface area contributed by atoms with Crippen LogP contribution in [-0.4, -0.2) is 59.3 Å². The maximum atomic E-state index is 11.7. The zero-order valence-electron chi connectivity index (χ0n) is 16.1. The van der Waals surface area contributed by atoms with Crippen LogP contribution in [-0.2, 0) is 14.3 Å². The van der Waals surface area contributed by atoms with Crippen molar-refractivity contribution in [3.05, 3.63) is 37.0 Å². The van der Waals surface area contributed by atoms with Crippen LogP contribution in [0, 0.1) is 0 Å². The van der Waals surface area contributed by atoms with Gasteiger partial charge >= 0.3 is 5.97 Å². The Balaban J connectivity index is 3.31. The summed E-state index contributed by atoms with van der Waals surface area (Å²) < 4.78 is 6.27. The monoisotopic (exact) mass is 364 g/mol. The Morgan fingerprint density at radius 3 is 2.35 bits per heavy atom. The predicted molar refractivity (Wildman–Crippen MR) is 103 cm³/mol. The minimum Gasteiger partial charge on any atom is -0.478 e. The van der Waals surface area contributed by atoms with Crippen molar-refractivity contribution in [2.45, 2.75) is 64.3 Å². The fourth-order valence-electron chi connectivity index (χ4n) is 3.44. The van der Waals surface area contributed by atoms with Crippen molar-refractivity contribution in [3.63, 3.8) is 0 Å². The number of aliphatic carboxylic acids is 1.